The van der Waals surface area contributed by atoms with Gasteiger partial charge in [-0.3, -0.25) is 4.79 Å². The Morgan fingerprint density at radius 2 is 2.24 bits per heavy atom. The van der Waals surface area contributed by atoms with Crippen molar-refractivity contribution in [1.82, 2.24) is 5.32 Å². The monoisotopic (exact) mass is 290 g/mol. The molecular weight excluding hydrogens is 264 g/mol. The van der Waals surface area contributed by atoms with E-state index in [0.717, 1.165) is 38.2 Å². The van der Waals surface area contributed by atoms with Crippen molar-refractivity contribution < 1.29 is 9.53 Å². The van der Waals surface area contributed by atoms with Crippen LogP contribution in [0, 0.1) is 5.92 Å². The van der Waals surface area contributed by atoms with E-state index in [-0.39, 0.29) is 5.91 Å². The standard InChI is InChI=1S/C17H26N2O2/c1-12(2)11-17(3,16(18)20)19-8-6-13-4-5-15-14(10-13)7-9-21-15/h4-5,10,12,19H,6-9,11H2,1-3H3,(H2,18,20)/t17-/m0/s1. The Kier molecular flexibility index (Phi) is 4.88. The van der Waals surface area contributed by atoms with Gasteiger partial charge < -0.3 is 15.8 Å². The Bertz CT molecular complexity index is 514. The molecule has 0 unspecified atom stereocenters. The molecule has 1 aliphatic rings. The summed E-state index contributed by atoms with van der Waals surface area (Å²) in [6.07, 6.45) is 2.62. The average molecular weight is 290 g/mol. The van der Waals surface area contributed by atoms with E-state index in [1.807, 2.05) is 13.0 Å². The van der Waals surface area contributed by atoms with Gasteiger partial charge >= 0.3 is 0 Å². The molecule has 4 nitrogen and oxygen atoms in total. The zero-order valence-corrected chi connectivity index (χ0v) is 13.2. The number of benzene rings is 1. The number of carbonyl (C=O) groups is 1. The molecular formula is C17H26N2O2. The maximum atomic E-state index is 11.7. The van der Waals surface area contributed by atoms with Crippen molar-refractivity contribution >= 4 is 5.91 Å². The van der Waals surface area contributed by atoms with Crippen LogP contribution in [0.1, 0.15) is 38.3 Å². The number of nitrogens with one attached hydrogen (secondary N) is 1. The molecule has 1 aliphatic heterocycles. The van der Waals surface area contributed by atoms with E-state index in [1.54, 1.807) is 0 Å². The second-order valence-corrected chi connectivity index (χ2v) is 6.51. The molecule has 0 aromatic heterocycles. The molecule has 21 heavy (non-hydrogen) atoms. The highest BCUT2D eigenvalue weighted by atomic mass is 16.5. The van der Waals surface area contributed by atoms with Crippen molar-refractivity contribution in [3.05, 3.63) is 29.3 Å². The van der Waals surface area contributed by atoms with Gasteiger partial charge in [0, 0.05) is 13.0 Å². The minimum absolute atomic E-state index is 0.279. The summed E-state index contributed by atoms with van der Waals surface area (Å²) in [6, 6.07) is 6.34. The van der Waals surface area contributed by atoms with Crippen LogP contribution in [0.4, 0.5) is 0 Å². The van der Waals surface area contributed by atoms with Gasteiger partial charge in [-0.1, -0.05) is 26.0 Å². The summed E-state index contributed by atoms with van der Waals surface area (Å²) >= 11 is 0. The maximum absolute atomic E-state index is 11.7. The van der Waals surface area contributed by atoms with Crippen molar-refractivity contribution in [3.8, 4) is 5.75 Å². The Morgan fingerprint density at radius 3 is 2.90 bits per heavy atom. The predicted molar refractivity (Wildman–Crippen MR) is 84.4 cm³/mol. The molecule has 0 aliphatic carbocycles. The van der Waals surface area contributed by atoms with Crippen LogP contribution < -0.4 is 15.8 Å². The fraction of sp³-hybridized carbons (Fsp3) is 0.588. The molecule has 3 N–H and O–H groups in total. The number of primary amides is 1. The third kappa shape index (κ3) is 3.97. The molecule has 4 heteroatoms. The number of carbonyl (C=O) groups excluding carboxylic acids is 1. The first-order chi connectivity index (χ1) is 9.90. The highest BCUT2D eigenvalue weighted by molar-refractivity contribution is 5.84. The third-order valence-electron chi connectivity index (χ3n) is 4.04. The summed E-state index contributed by atoms with van der Waals surface area (Å²) in [6.45, 7) is 7.62. The van der Waals surface area contributed by atoms with Gasteiger partial charge in [-0.25, -0.2) is 0 Å². The van der Waals surface area contributed by atoms with Crippen molar-refractivity contribution in [3.63, 3.8) is 0 Å². The molecule has 0 fully saturated rings. The second kappa shape index (κ2) is 6.48. The van der Waals surface area contributed by atoms with Crippen molar-refractivity contribution in [1.29, 1.82) is 0 Å². The molecule has 2 rings (SSSR count). The van der Waals surface area contributed by atoms with E-state index in [0.29, 0.717) is 5.92 Å². The predicted octanol–water partition coefficient (Wildman–Crippen LogP) is 2.04. The number of hydrogen-bond acceptors (Lipinski definition) is 3. The van der Waals surface area contributed by atoms with E-state index < -0.39 is 5.54 Å². The van der Waals surface area contributed by atoms with Crippen LogP contribution in [-0.4, -0.2) is 24.6 Å². The smallest absolute Gasteiger partial charge is 0.237 e. The molecule has 1 aromatic rings. The van der Waals surface area contributed by atoms with E-state index >= 15 is 0 Å². The number of nitrogens with two attached hydrogens (primary N) is 1. The number of ether oxygens (including phenoxy) is 1. The van der Waals surface area contributed by atoms with E-state index in [1.165, 1.54) is 11.1 Å². The summed E-state index contributed by atoms with van der Waals surface area (Å²) in [7, 11) is 0. The minimum atomic E-state index is -0.631. The Labute approximate surface area is 127 Å². The summed E-state index contributed by atoms with van der Waals surface area (Å²) in [5.41, 5.74) is 7.47. The first-order valence-corrected chi connectivity index (χ1v) is 7.70. The van der Waals surface area contributed by atoms with Crippen LogP contribution in [0.3, 0.4) is 0 Å². The number of fused-ring (bicyclic) bond motifs is 1. The van der Waals surface area contributed by atoms with Crippen LogP contribution in [0.15, 0.2) is 18.2 Å². The number of amides is 1. The van der Waals surface area contributed by atoms with E-state index in [4.69, 9.17) is 10.5 Å². The molecule has 116 valence electrons. The van der Waals surface area contributed by atoms with Crippen LogP contribution >= 0.6 is 0 Å². The lowest BCUT2D eigenvalue weighted by atomic mass is 9.90. The van der Waals surface area contributed by atoms with Crippen molar-refractivity contribution in [2.75, 3.05) is 13.2 Å². The van der Waals surface area contributed by atoms with E-state index in [9.17, 15) is 4.79 Å². The highest BCUT2D eigenvalue weighted by Crippen LogP contribution is 2.26. The van der Waals surface area contributed by atoms with Crippen molar-refractivity contribution in [2.45, 2.75) is 45.6 Å². The normalized spacial score (nSPS) is 16.4. The van der Waals surface area contributed by atoms with Crippen LogP contribution in [0.25, 0.3) is 0 Å². The molecule has 1 heterocycles. The van der Waals surface area contributed by atoms with Gasteiger partial charge in [0.25, 0.3) is 0 Å². The van der Waals surface area contributed by atoms with E-state index in [2.05, 4.69) is 31.3 Å². The lowest BCUT2D eigenvalue weighted by Gasteiger charge is -2.29. The number of hydrogen-bond donors (Lipinski definition) is 2. The first kappa shape index (κ1) is 15.8. The largest absolute Gasteiger partial charge is 0.493 e. The van der Waals surface area contributed by atoms with Crippen LogP contribution in [0.2, 0.25) is 0 Å². The molecule has 1 atom stereocenters. The molecule has 0 saturated heterocycles. The molecule has 0 saturated carbocycles. The summed E-state index contributed by atoms with van der Waals surface area (Å²) < 4.78 is 5.51. The molecule has 1 aromatic carbocycles. The highest BCUT2D eigenvalue weighted by Gasteiger charge is 2.30. The zero-order chi connectivity index (χ0) is 15.5. The van der Waals surface area contributed by atoms with Crippen molar-refractivity contribution in [2.24, 2.45) is 11.7 Å². The first-order valence-electron chi connectivity index (χ1n) is 7.70. The SMILES string of the molecule is CC(C)C[C@](C)(NCCc1ccc2c(c1)CCO2)C(N)=O. The topological polar surface area (TPSA) is 64.3 Å². The van der Waals surface area contributed by atoms with Gasteiger partial charge in [0.15, 0.2) is 0 Å². The van der Waals surface area contributed by atoms with Gasteiger partial charge in [0.05, 0.1) is 12.1 Å². The summed E-state index contributed by atoms with van der Waals surface area (Å²) in [4.78, 5) is 11.7. The van der Waals surface area contributed by atoms with Gasteiger partial charge in [0.1, 0.15) is 5.75 Å². The molecule has 1 amide bonds. The molecule has 0 radical (unpaired) electrons. The number of rotatable bonds is 7. The summed E-state index contributed by atoms with van der Waals surface area (Å²) in [5.74, 6) is 1.15. The van der Waals surface area contributed by atoms with Gasteiger partial charge in [-0.2, -0.15) is 0 Å². The Hall–Kier alpha value is -1.55. The fourth-order valence-corrected chi connectivity index (χ4v) is 2.95. The Balaban J connectivity index is 1.92. The zero-order valence-electron chi connectivity index (χ0n) is 13.2. The minimum Gasteiger partial charge on any atom is -0.493 e. The fourth-order valence-electron chi connectivity index (χ4n) is 2.95. The second-order valence-electron chi connectivity index (χ2n) is 6.51. The van der Waals surface area contributed by atoms with Gasteiger partial charge in [-0.05, 0) is 42.9 Å². The Morgan fingerprint density at radius 1 is 1.48 bits per heavy atom. The molecule has 0 spiro atoms. The lowest BCUT2D eigenvalue weighted by molar-refractivity contribution is -0.124. The molecule has 0 bridgehead atoms. The van der Waals surface area contributed by atoms with Crippen LogP contribution in [-0.2, 0) is 17.6 Å². The quantitative estimate of drug-likeness (QED) is 0.807. The van der Waals surface area contributed by atoms with Gasteiger partial charge in [0.2, 0.25) is 5.91 Å². The summed E-state index contributed by atoms with van der Waals surface area (Å²) in [5, 5.41) is 3.34. The third-order valence-corrected chi connectivity index (χ3v) is 4.04. The average Bonchev–Trinajstić information content (AvgIpc) is 2.85. The lowest BCUT2D eigenvalue weighted by Crippen LogP contribution is -2.54. The maximum Gasteiger partial charge on any atom is 0.237 e. The van der Waals surface area contributed by atoms with Gasteiger partial charge in [-0.15, -0.1) is 0 Å². The van der Waals surface area contributed by atoms with Crippen LogP contribution in [0.5, 0.6) is 5.75 Å².